The van der Waals surface area contributed by atoms with Crippen LogP contribution in [0.15, 0.2) is 11.6 Å². The van der Waals surface area contributed by atoms with Crippen molar-refractivity contribution in [3.8, 4) is 0 Å². The zero-order chi connectivity index (χ0) is 10.0. The summed E-state index contributed by atoms with van der Waals surface area (Å²) in [5.74, 6) is 1.64. The van der Waals surface area contributed by atoms with Gasteiger partial charge in [0.25, 0.3) is 0 Å². The molecule has 1 rings (SSSR count). The van der Waals surface area contributed by atoms with E-state index in [-0.39, 0.29) is 6.10 Å². The van der Waals surface area contributed by atoms with Gasteiger partial charge in [0.1, 0.15) is 0 Å². The van der Waals surface area contributed by atoms with Gasteiger partial charge in [0.2, 0.25) is 0 Å². The fourth-order valence-electron chi connectivity index (χ4n) is 2.79. The van der Waals surface area contributed by atoms with Crippen LogP contribution in [-0.4, -0.2) is 11.2 Å². The van der Waals surface area contributed by atoms with E-state index in [1.165, 1.54) is 5.57 Å². The largest absolute Gasteiger partial charge is 0.393 e. The molecule has 0 saturated heterocycles. The molecule has 1 aliphatic carbocycles. The fourth-order valence-corrected chi connectivity index (χ4v) is 2.79. The Morgan fingerprint density at radius 1 is 1.54 bits per heavy atom. The molecular weight excluding hydrogens is 160 g/mol. The van der Waals surface area contributed by atoms with Gasteiger partial charge in [-0.3, -0.25) is 0 Å². The van der Waals surface area contributed by atoms with Crippen LogP contribution < -0.4 is 0 Å². The molecule has 1 nitrogen and oxygen atoms in total. The second kappa shape index (κ2) is 4.28. The topological polar surface area (TPSA) is 20.2 Å². The monoisotopic (exact) mass is 182 g/mol. The molecule has 1 heteroatoms. The second-order valence-corrected chi connectivity index (χ2v) is 4.61. The highest BCUT2D eigenvalue weighted by molar-refractivity contribution is 5.09. The Labute approximate surface area is 81.9 Å². The Hall–Kier alpha value is -0.300. The van der Waals surface area contributed by atoms with Gasteiger partial charge in [-0.05, 0) is 37.5 Å². The molecule has 0 aromatic rings. The van der Waals surface area contributed by atoms with Crippen LogP contribution in [0.25, 0.3) is 0 Å². The van der Waals surface area contributed by atoms with Gasteiger partial charge in [0, 0.05) is 0 Å². The first-order valence-electron chi connectivity index (χ1n) is 5.41. The Morgan fingerprint density at radius 3 is 2.62 bits per heavy atom. The van der Waals surface area contributed by atoms with Crippen LogP contribution in [0.3, 0.4) is 0 Å². The summed E-state index contributed by atoms with van der Waals surface area (Å²) in [5.41, 5.74) is 1.49. The molecule has 76 valence electrons. The number of aliphatic hydroxyl groups excluding tert-OH is 1. The summed E-state index contributed by atoms with van der Waals surface area (Å²) >= 11 is 0. The van der Waals surface area contributed by atoms with E-state index in [4.69, 9.17) is 0 Å². The number of rotatable bonds is 2. The molecule has 4 unspecified atom stereocenters. The van der Waals surface area contributed by atoms with Crippen LogP contribution in [0.1, 0.15) is 40.5 Å². The fraction of sp³-hybridized carbons (Fsp3) is 0.833. The first-order valence-corrected chi connectivity index (χ1v) is 5.41. The Balaban J connectivity index is 2.74. The van der Waals surface area contributed by atoms with E-state index in [1.54, 1.807) is 0 Å². The number of hydrogen-bond donors (Lipinski definition) is 1. The molecule has 0 spiro atoms. The minimum absolute atomic E-state index is 0.116. The molecule has 0 saturated carbocycles. The van der Waals surface area contributed by atoms with Gasteiger partial charge in [0.05, 0.1) is 6.10 Å². The minimum atomic E-state index is -0.116. The zero-order valence-corrected chi connectivity index (χ0v) is 9.25. The molecule has 0 fully saturated rings. The normalized spacial score (nSPS) is 37.0. The lowest BCUT2D eigenvalue weighted by Gasteiger charge is -2.36. The standard InChI is InChI=1S/C12H22O/c1-5-11(13)12-9(3)6-8(2)7-10(12)4/h6,9-13H,5,7H2,1-4H3. The number of aliphatic hydroxyl groups is 1. The average molecular weight is 182 g/mol. The van der Waals surface area contributed by atoms with Crippen LogP contribution in [-0.2, 0) is 0 Å². The highest BCUT2D eigenvalue weighted by Gasteiger charge is 2.31. The molecule has 0 radical (unpaired) electrons. The summed E-state index contributed by atoms with van der Waals surface area (Å²) in [6.07, 6.45) is 4.25. The van der Waals surface area contributed by atoms with Gasteiger partial charge in [0.15, 0.2) is 0 Å². The average Bonchev–Trinajstić information content (AvgIpc) is 2.02. The van der Waals surface area contributed by atoms with Crippen LogP contribution in [0.4, 0.5) is 0 Å². The molecule has 1 aliphatic rings. The molecule has 0 aliphatic heterocycles. The maximum atomic E-state index is 9.88. The third kappa shape index (κ3) is 2.34. The van der Waals surface area contributed by atoms with Gasteiger partial charge >= 0.3 is 0 Å². The van der Waals surface area contributed by atoms with Crippen LogP contribution in [0.2, 0.25) is 0 Å². The predicted molar refractivity (Wildman–Crippen MR) is 56.5 cm³/mol. The van der Waals surface area contributed by atoms with Crippen molar-refractivity contribution in [1.29, 1.82) is 0 Å². The van der Waals surface area contributed by atoms with E-state index in [0.29, 0.717) is 17.8 Å². The first-order chi connectivity index (χ1) is 6.06. The van der Waals surface area contributed by atoms with Gasteiger partial charge in [-0.15, -0.1) is 0 Å². The van der Waals surface area contributed by atoms with Gasteiger partial charge in [-0.25, -0.2) is 0 Å². The Bertz CT molecular complexity index is 195. The maximum absolute atomic E-state index is 9.88. The highest BCUT2D eigenvalue weighted by Crippen LogP contribution is 2.36. The lowest BCUT2D eigenvalue weighted by Crippen LogP contribution is -2.33. The molecule has 4 atom stereocenters. The van der Waals surface area contributed by atoms with Crippen molar-refractivity contribution in [2.24, 2.45) is 17.8 Å². The second-order valence-electron chi connectivity index (χ2n) is 4.61. The van der Waals surface area contributed by atoms with Crippen LogP contribution in [0, 0.1) is 17.8 Å². The lowest BCUT2D eigenvalue weighted by molar-refractivity contribution is 0.0477. The molecule has 0 bridgehead atoms. The highest BCUT2D eigenvalue weighted by atomic mass is 16.3. The van der Waals surface area contributed by atoms with E-state index in [9.17, 15) is 5.11 Å². The van der Waals surface area contributed by atoms with E-state index >= 15 is 0 Å². The van der Waals surface area contributed by atoms with Crippen LogP contribution >= 0.6 is 0 Å². The van der Waals surface area contributed by atoms with Crippen molar-refractivity contribution in [2.75, 3.05) is 0 Å². The van der Waals surface area contributed by atoms with Crippen molar-refractivity contribution < 1.29 is 5.11 Å². The maximum Gasteiger partial charge on any atom is 0.0574 e. The molecule has 0 aromatic heterocycles. The summed E-state index contributed by atoms with van der Waals surface area (Å²) in [5, 5.41) is 9.88. The molecule has 1 N–H and O–H groups in total. The third-order valence-corrected chi connectivity index (χ3v) is 3.32. The van der Waals surface area contributed by atoms with E-state index in [2.05, 4.69) is 33.8 Å². The van der Waals surface area contributed by atoms with E-state index < -0.39 is 0 Å². The Kier molecular flexibility index (Phi) is 3.55. The lowest BCUT2D eigenvalue weighted by atomic mass is 9.72. The molecule has 0 aromatic carbocycles. The smallest absolute Gasteiger partial charge is 0.0574 e. The summed E-state index contributed by atoms with van der Waals surface area (Å²) < 4.78 is 0. The van der Waals surface area contributed by atoms with Crippen LogP contribution in [0.5, 0.6) is 0 Å². The molecule has 0 heterocycles. The van der Waals surface area contributed by atoms with E-state index in [1.807, 2.05) is 0 Å². The van der Waals surface area contributed by atoms with Crippen molar-refractivity contribution in [2.45, 2.75) is 46.6 Å². The quantitative estimate of drug-likeness (QED) is 0.651. The van der Waals surface area contributed by atoms with Crippen molar-refractivity contribution in [1.82, 2.24) is 0 Å². The first kappa shape index (κ1) is 10.8. The van der Waals surface area contributed by atoms with E-state index in [0.717, 1.165) is 12.8 Å². The predicted octanol–water partition coefficient (Wildman–Crippen LogP) is 3.00. The zero-order valence-electron chi connectivity index (χ0n) is 9.25. The van der Waals surface area contributed by atoms with Crippen molar-refractivity contribution >= 4 is 0 Å². The summed E-state index contributed by atoms with van der Waals surface area (Å²) in [6, 6.07) is 0. The molecule has 13 heavy (non-hydrogen) atoms. The minimum Gasteiger partial charge on any atom is -0.393 e. The SMILES string of the molecule is CCC(O)C1C(C)C=C(C)CC1C. The van der Waals surface area contributed by atoms with Gasteiger partial charge < -0.3 is 5.11 Å². The van der Waals surface area contributed by atoms with Crippen molar-refractivity contribution in [3.63, 3.8) is 0 Å². The summed E-state index contributed by atoms with van der Waals surface area (Å²) in [6.45, 7) is 8.75. The molecular formula is C12H22O. The summed E-state index contributed by atoms with van der Waals surface area (Å²) in [7, 11) is 0. The number of hydrogen-bond acceptors (Lipinski definition) is 1. The van der Waals surface area contributed by atoms with Gasteiger partial charge in [-0.1, -0.05) is 32.4 Å². The summed E-state index contributed by atoms with van der Waals surface area (Å²) in [4.78, 5) is 0. The third-order valence-electron chi connectivity index (χ3n) is 3.32. The van der Waals surface area contributed by atoms with Gasteiger partial charge in [-0.2, -0.15) is 0 Å². The Morgan fingerprint density at radius 2 is 2.15 bits per heavy atom. The molecule has 0 amide bonds. The van der Waals surface area contributed by atoms with Crippen molar-refractivity contribution in [3.05, 3.63) is 11.6 Å². The number of allylic oxidation sites excluding steroid dienone is 2.